The number of pyridine rings is 1. The first-order valence-electron chi connectivity index (χ1n) is 5.85. The quantitative estimate of drug-likeness (QED) is 0.886. The Kier molecular flexibility index (Phi) is 4.07. The number of hydrogen-bond donors (Lipinski definition) is 2. The highest BCUT2D eigenvalue weighted by Crippen LogP contribution is 2.10. The van der Waals surface area contributed by atoms with Crippen LogP contribution in [0.1, 0.15) is 5.56 Å². The minimum atomic E-state index is -0.309. The molecular weight excluding hydrogens is 245 g/mol. The molecule has 1 aromatic heterocycles. The molecule has 0 unspecified atom stereocenters. The summed E-state index contributed by atoms with van der Waals surface area (Å²) in [5.41, 5.74) is 1.39. The summed E-state index contributed by atoms with van der Waals surface area (Å²) in [7, 11) is 1.77. The number of halogens is 1. The van der Waals surface area contributed by atoms with E-state index in [9.17, 15) is 9.18 Å². The second-order valence-corrected chi connectivity index (χ2v) is 4.03. The van der Waals surface area contributed by atoms with Gasteiger partial charge in [0, 0.05) is 7.05 Å². The fourth-order valence-electron chi connectivity index (χ4n) is 1.61. The molecule has 0 bridgehead atoms. The zero-order valence-electron chi connectivity index (χ0n) is 10.5. The van der Waals surface area contributed by atoms with Crippen LogP contribution in [0.15, 0.2) is 42.6 Å². The Morgan fingerprint density at radius 2 is 1.95 bits per heavy atom. The van der Waals surface area contributed by atoms with Crippen LogP contribution in [0.3, 0.4) is 0 Å². The molecule has 2 N–H and O–H groups in total. The fourth-order valence-corrected chi connectivity index (χ4v) is 1.61. The molecule has 5 heteroatoms. The Balaban J connectivity index is 1.95. The standard InChI is InChI=1S/C14H14FN3O/c1-16-13-7-6-12(9-17-13)18-14(19)8-10-2-4-11(15)5-3-10/h2-7,9H,8H2,1H3,(H,16,17)(H,18,19). The zero-order valence-corrected chi connectivity index (χ0v) is 10.5. The van der Waals surface area contributed by atoms with Gasteiger partial charge in [-0.05, 0) is 29.8 Å². The normalized spacial score (nSPS) is 10.0. The second-order valence-electron chi connectivity index (χ2n) is 4.03. The lowest BCUT2D eigenvalue weighted by Crippen LogP contribution is -2.14. The first kappa shape index (κ1) is 13.0. The van der Waals surface area contributed by atoms with Crippen molar-refractivity contribution in [3.8, 4) is 0 Å². The number of rotatable bonds is 4. The molecule has 0 saturated carbocycles. The first-order chi connectivity index (χ1) is 9.17. The van der Waals surface area contributed by atoms with Crippen LogP contribution in [0.2, 0.25) is 0 Å². The molecule has 1 heterocycles. The lowest BCUT2D eigenvalue weighted by Gasteiger charge is -2.06. The predicted molar refractivity (Wildman–Crippen MR) is 72.5 cm³/mol. The van der Waals surface area contributed by atoms with E-state index in [4.69, 9.17) is 0 Å². The average molecular weight is 259 g/mol. The third-order valence-corrected chi connectivity index (χ3v) is 2.58. The van der Waals surface area contributed by atoms with E-state index in [1.54, 1.807) is 37.5 Å². The monoisotopic (exact) mass is 259 g/mol. The number of carbonyl (C=O) groups excluding carboxylic acids is 1. The Hall–Kier alpha value is -2.43. The number of hydrogen-bond acceptors (Lipinski definition) is 3. The van der Waals surface area contributed by atoms with Crippen LogP contribution in [0.5, 0.6) is 0 Å². The van der Waals surface area contributed by atoms with Crippen LogP contribution in [0.4, 0.5) is 15.9 Å². The summed E-state index contributed by atoms with van der Waals surface area (Å²) in [6, 6.07) is 9.40. The lowest BCUT2D eigenvalue weighted by atomic mass is 10.1. The van der Waals surface area contributed by atoms with Crippen molar-refractivity contribution in [1.82, 2.24) is 4.98 Å². The number of nitrogens with zero attached hydrogens (tertiary/aromatic N) is 1. The third-order valence-electron chi connectivity index (χ3n) is 2.58. The molecule has 0 fully saturated rings. The Morgan fingerprint density at radius 3 is 2.53 bits per heavy atom. The molecule has 19 heavy (non-hydrogen) atoms. The van der Waals surface area contributed by atoms with Crippen molar-refractivity contribution >= 4 is 17.4 Å². The summed E-state index contributed by atoms with van der Waals surface area (Å²) in [5, 5.41) is 5.63. The van der Waals surface area contributed by atoms with E-state index in [2.05, 4.69) is 15.6 Å². The number of nitrogens with one attached hydrogen (secondary N) is 2. The summed E-state index contributed by atoms with van der Waals surface area (Å²) in [6.07, 6.45) is 1.78. The van der Waals surface area contributed by atoms with Gasteiger partial charge in [-0.15, -0.1) is 0 Å². The number of benzene rings is 1. The molecule has 2 aromatic rings. The maximum Gasteiger partial charge on any atom is 0.228 e. The highest BCUT2D eigenvalue weighted by Gasteiger charge is 2.04. The third kappa shape index (κ3) is 3.77. The Labute approximate surface area is 110 Å². The predicted octanol–water partition coefficient (Wildman–Crippen LogP) is 2.44. The molecule has 0 atom stereocenters. The van der Waals surface area contributed by atoms with Gasteiger partial charge in [-0.3, -0.25) is 4.79 Å². The summed E-state index contributed by atoms with van der Waals surface area (Å²) < 4.78 is 12.7. The number of anilines is 2. The van der Waals surface area contributed by atoms with Crippen molar-refractivity contribution in [3.63, 3.8) is 0 Å². The fraction of sp³-hybridized carbons (Fsp3) is 0.143. The highest BCUT2D eigenvalue weighted by molar-refractivity contribution is 5.92. The van der Waals surface area contributed by atoms with Gasteiger partial charge in [0.2, 0.25) is 5.91 Å². The van der Waals surface area contributed by atoms with Crippen molar-refractivity contribution in [2.45, 2.75) is 6.42 Å². The van der Waals surface area contributed by atoms with E-state index in [0.717, 1.165) is 11.4 Å². The molecule has 0 aliphatic carbocycles. The summed E-state index contributed by atoms with van der Waals surface area (Å²) in [5.74, 6) is 0.262. The maximum absolute atomic E-state index is 12.7. The van der Waals surface area contributed by atoms with Gasteiger partial charge in [-0.1, -0.05) is 12.1 Å². The minimum Gasteiger partial charge on any atom is -0.373 e. The van der Waals surface area contributed by atoms with Crippen molar-refractivity contribution in [2.24, 2.45) is 0 Å². The molecule has 0 aliphatic heterocycles. The summed E-state index contributed by atoms with van der Waals surface area (Å²) in [4.78, 5) is 15.9. The SMILES string of the molecule is CNc1ccc(NC(=O)Cc2ccc(F)cc2)cn1. The van der Waals surface area contributed by atoms with Crippen molar-refractivity contribution in [1.29, 1.82) is 0 Å². The van der Waals surface area contributed by atoms with Gasteiger partial charge in [-0.2, -0.15) is 0 Å². The minimum absolute atomic E-state index is 0.161. The number of amides is 1. The average Bonchev–Trinajstić information content (AvgIpc) is 2.42. The van der Waals surface area contributed by atoms with Crippen LogP contribution in [-0.4, -0.2) is 17.9 Å². The Bertz CT molecular complexity index is 552. The van der Waals surface area contributed by atoms with Gasteiger partial charge in [0.05, 0.1) is 18.3 Å². The molecule has 0 spiro atoms. The van der Waals surface area contributed by atoms with Crippen LogP contribution < -0.4 is 10.6 Å². The molecule has 0 radical (unpaired) electrons. The molecule has 98 valence electrons. The molecular formula is C14H14FN3O. The number of aromatic nitrogens is 1. The van der Waals surface area contributed by atoms with Crippen LogP contribution in [-0.2, 0) is 11.2 Å². The van der Waals surface area contributed by atoms with E-state index in [1.165, 1.54) is 12.1 Å². The van der Waals surface area contributed by atoms with Crippen molar-refractivity contribution in [2.75, 3.05) is 17.7 Å². The molecule has 2 rings (SSSR count). The maximum atomic E-state index is 12.7. The summed E-state index contributed by atoms with van der Waals surface area (Å²) in [6.45, 7) is 0. The van der Waals surface area contributed by atoms with E-state index in [0.29, 0.717) is 5.69 Å². The molecule has 0 saturated heterocycles. The van der Waals surface area contributed by atoms with Gasteiger partial charge < -0.3 is 10.6 Å². The van der Waals surface area contributed by atoms with Gasteiger partial charge in [-0.25, -0.2) is 9.37 Å². The van der Waals surface area contributed by atoms with Crippen LogP contribution in [0, 0.1) is 5.82 Å². The largest absolute Gasteiger partial charge is 0.373 e. The topological polar surface area (TPSA) is 54.0 Å². The van der Waals surface area contributed by atoms with Crippen molar-refractivity contribution < 1.29 is 9.18 Å². The van der Waals surface area contributed by atoms with E-state index in [-0.39, 0.29) is 18.1 Å². The zero-order chi connectivity index (χ0) is 13.7. The molecule has 1 amide bonds. The molecule has 0 aliphatic rings. The van der Waals surface area contributed by atoms with Crippen LogP contribution >= 0.6 is 0 Å². The van der Waals surface area contributed by atoms with E-state index < -0.39 is 0 Å². The van der Waals surface area contributed by atoms with Gasteiger partial charge in [0.1, 0.15) is 11.6 Å². The number of carbonyl (C=O) groups is 1. The molecule has 1 aromatic carbocycles. The van der Waals surface area contributed by atoms with Gasteiger partial charge in [0.15, 0.2) is 0 Å². The highest BCUT2D eigenvalue weighted by atomic mass is 19.1. The lowest BCUT2D eigenvalue weighted by molar-refractivity contribution is -0.115. The smallest absolute Gasteiger partial charge is 0.228 e. The summed E-state index contributed by atoms with van der Waals surface area (Å²) >= 11 is 0. The van der Waals surface area contributed by atoms with E-state index >= 15 is 0 Å². The van der Waals surface area contributed by atoms with Crippen molar-refractivity contribution in [3.05, 3.63) is 54.0 Å². The first-order valence-corrected chi connectivity index (χ1v) is 5.85. The molecule has 4 nitrogen and oxygen atoms in total. The van der Waals surface area contributed by atoms with Gasteiger partial charge >= 0.3 is 0 Å². The Morgan fingerprint density at radius 1 is 1.21 bits per heavy atom. The van der Waals surface area contributed by atoms with Gasteiger partial charge in [0.25, 0.3) is 0 Å². The van der Waals surface area contributed by atoms with E-state index in [1.807, 2.05) is 0 Å². The van der Waals surface area contributed by atoms with Crippen LogP contribution in [0.25, 0.3) is 0 Å². The second kappa shape index (κ2) is 5.95.